The van der Waals surface area contributed by atoms with Crippen molar-refractivity contribution in [1.82, 2.24) is 10.2 Å². The fourth-order valence-electron chi connectivity index (χ4n) is 1.66. The molecule has 0 spiro atoms. The van der Waals surface area contributed by atoms with Crippen LogP contribution < -0.4 is 5.32 Å². The van der Waals surface area contributed by atoms with Gasteiger partial charge in [0, 0.05) is 17.3 Å². The number of nitrogens with zero attached hydrogens (tertiary/aromatic N) is 2. The molecule has 0 radical (unpaired) electrons. The molecule has 3 aromatic rings. The normalized spacial score (nSPS) is 10.9. The van der Waals surface area contributed by atoms with Crippen LogP contribution in [0.1, 0.15) is 11.8 Å². The van der Waals surface area contributed by atoms with Gasteiger partial charge in [-0.25, -0.2) is 0 Å². The van der Waals surface area contributed by atoms with Crippen LogP contribution in [0, 0.1) is 6.92 Å². The van der Waals surface area contributed by atoms with Gasteiger partial charge in [-0.2, -0.15) is 0 Å². The molecule has 0 amide bonds. The van der Waals surface area contributed by atoms with Crippen LogP contribution in [0.25, 0.3) is 10.1 Å². The third-order valence-corrected chi connectivity index (χ3v) is 3.36. The van der Waals surface area contributed by atoms with E-state index >= 15 is 0 Å². The number of thiophene rings is 1. The van der Waals surface area contributed by atoms with Crippen molar-refractivity contribution in [3.63, 3.8) is 0 Å². The van der Waals surface area contributed by atoms with E-state index in [-0.39, 0.29) is 0 Å². The van der Waals surface area contributed by atoms with Gasteiger partial charge in [-0.05, 0) is 35.0 Å². The molecule has 3 rings (SSSR count). The molecule has 17 heavy (non-hydrogen) atoms. The maximum atomic E-state index is 5.30. The van der Waals surface area contributed by atoms with Gasteiger partial charge in [-0.15, -0.1) is 21.5 Å². The van der Waals surface area contributed by atoms with Gasteiger partial charge in [0.05, 0.1) is 6.54 Å². The van der Waals surface area contributed by atoms with Crippen LogP contribution in [0.3, 0.4) is 0 Å². The van der Waals surface area contributed by atoms with Crippen molar-refractivity contribution in [2.24, 2.45) is 0 Å². The van der Waals surface area contributed by atoms with Gasteiger partial charge in [-0.3, -0.25) is 0 Å². The van der Waals surface area contributed by atoms with Gasteiger partial charge < -0.3 is 9.73 Å². The van der Waals surface area contributed by atoms with E-state index in [2.05, 4.69) is 45.2 Å². The Morgan fingerprint density at radius 2 is 2.24 bits per heavy atom. The zero-order valence-electron chi connectivity index (χ0n) is 9.30. The number of hydrogen-bond donors (Lipinski definition) is 1. The zero-order valence-corrected chi connectivity index (χ0v) is 10.1. The van der Waals surface area contributed by atoms with Crippen molar-refractivity contribution in [2.75, 3.05) is 5.32 Å². The average Bonchev–Trinajstić information content (AvgIpc) is 2.94. The van der Waals surface area contributed by atoms with Crippen molar-refractivity contribution in [3.05, 3.63) is 41.4 Å². The second-order valence-electron chi connectivity index (χ2n) is 3.74. The van der Waals surface area contributed by atoms with Gasteiger partial charge in [-0.1, -0.05) is 0 Å². The molecule has 0 fully saturated rings. The molecule has 1 N–H and O–H groups in total. The fourth-order valence-corrected chi connectivity index (χ4v) is 2.43. The first-order valence-corrected chi connectivity index (χ1v) is 6.19. The molecular formula is C12H11N3OS. The van der Waals surface area contributed by atoms with Crippen LogP contribution in [-0.4, -0.2) is 10.2 Å². The lowest BCUT2D eigenvalue weighted by Gasteiger charge is -2.03. The van der Waals surface area contributed by atoms with E-state index in [0.717, 1.165) is 5.69 Å². The third-order valence-electron chi connectivity index (χ3n) is 2.46. The third kappa shape index (κ3) is 2.14. The van der Waals surface area contributed by atoms with Crippen LogP contribution in [0.2, 0.25) is 0 Å². The first kappa shape index (κ1) is 10.3. The smallest absolute Gasteiger partial charge is 0.235 e. The van der Waals surface area contributed by atoms with Crippen LogP contribution in [0.15, 0.2) is 34.1 Å². The van der Waals surface area contributed by atoms with E-state index in [1.54, 1.807) is 18.3 Å². The largest absolute Gasteiger partial charge is 0.424 e. The summed E-state index contributed by atoms with van der Waals surface area (Å²) in [5.74, 6) is 1.20. The van der Waals surface area contributed by atoms with E-state index in [1.807, 2.05) is 0 Å². The van der Waals surface area contributed by atoms with Gasteiger partial charge >= 0.3 is 0 Å². The molecule has 0 atom stereocenters. The highest BCUT2D eigenvalue weighted by atomic mass is 32.1. The van der Waals surface area contributed by atoms with E-state index in [4.69, 9.17) is 4.42 Å². The molecule has 0 saturated carbocycles. The molecule has 2 heterocycles. The highest BCUT2D eigenvalue weighted by Gasteiger charge is 2.02. The minimum atomic E-state index is 0.552. The van der Waals surface area contributed by atoms with Gasteiger partial charge in [0.1, 0.15) is 0 Å². The van der Waals surface area contributed by atoms with Crippen molar-refractivity contribution in [2.45, 2.75) is 13.5 Å². The molecule has 86 valence electrons. The Bertz CT molecular complexity index is 644. The van der Waals surface area contributed by atoms with Crippen molar-refractivity contribution in [1.29, 1.82) is 0 Å². The summed E-state index contributed by atoms with van der Waals surface area (Å²) in [7, 11) is 0. The number of benzene rings is 1. The number of fused-ring (bicyclic) bond motifs is 1. The Labute approximate surface area is 102 Å². The Balaban J connectivity index is 1.76. The minimum Gasteiger partial charge on any atom is -0.424 e. The lowest BCUT2D eigenvalue weighted by Crippen LogP contribution is -1.99. The molecular weight excluding hydrogens is 234 g/mol. The lowest BCUT2D eigenvalue weighted by atomic mass is 10.2. The summed E-state index contributed by atoms with van der Waals surface area (Å²) < 4.78 is 6.59. The molecule has 2 aromatic heterocycles. The highest BCUT2D eigenvalue weighted by Crippen LogP contribution is 2.24. The van der Waals surface area contributed by atoms with Crippen molar-refractivity contribution >= 4 is 27.1 Å². The molecule has 5 heteroatoms. The summed E-state index contributed by atoms with van der Waals surface area (Å²) in [5.41, 5.74) is 1.06. The number of rotatable bonds is 3. The molecule has 0 aliphatic carbocycles. The molecule has 1 aromatic carbocycles. The molecule has 0 unspecified atom stereocenters. The number of aromatic nitrogens is 2. The van der Waals surface area contributed by atoms with Crippen LogP contribution in [0.5, 0.6) is 0 Å². The van der Waals surface area contributed by atoms with E-state index in [9.17, 15) is 0 Å². The molecule has 0 bridgehead atoms. The maximum absolute atomic E-state index is 5.30. The van der Waals surface area contributed by atoms with Gasteiger partial charge in [0.25, 0.3) is 0 Å². The zero-order chi connectivity index (χ0) is 11.7. The standard InChI is InChI=1S/C12H11N3OS/c1-8-14-15-12(16-8)7-13-10-2-3-11-9(6-10)4-5-17-11/h2-6,13H,7H2,1H3. The monoisotopic (exact) mass is 245 g/mol. The number of anilines is 1. The Kier molecular flexibility index (Phi) is 2.53. The van der Waals surface area contributed by atoms with Gasteiger partial charge in [0.15, 0.2) is 0 Å². The first-order valence-electron chi connectivity index (χ1n) is 5.31. The summed E-state index contributed by atoms with van der Waals surface area (Å²) in [6.07, 6.45) is 0. The Morgan fingerprint density at radius 1 is 1.29 bits per heavy atom. The Morgan fingerprint density at radius 3 is 3.06 bits per heavy atom. The topological polar surface area (TPSA) is 51.0 Å². The van der Waals surface area contributed by atoms with Crippen LogP contribution >= 0.6 is 11.3 Å². The second-order valence-corrected chi connectivity index (χ2v) is 4.69. The van der Waals surface area contributed by atoms with Crippen molar-refractivity contribution in [3.8, 4) is 0 Å². The predicted molar refractivity (Wildman–Crippen MR) is 68.2 cm³/mol. The van der Waals surface area contributed by atoms with Gasteiger partial charge in [0.2, 0.25) is 11.8 Å². The fraction of sp³-hybridized carbons (Fsp3) is 0.167. The minimum absolute atomic E-state index is 0.552. The lowest BCUT2D eigenvalue weighted by molar-refractivity contribution is 0.475. The molecule has 0 saturated heterocycles. The summed E-state index contributed by atoms with van der Waals surface area (Å²) in [6, 6.07) is 8.40. The van der Waals surface area contributed by atoms with Crippen molar-refractivity contribution < 1.29 is 4.42 Å². The van der Waals surface area contributed by atoms with E-state index in [1.165, 1.54) is 10.1 Å². The summed E-state index contributed by atoms with van der Waals surface area (Å²) in [6.45, 7) is 2.34. The van der Waals surface area contributed by atoms with Crippen LogP contribution in [-0.2, 0) is 6.54 Å². The predicted octanol–water partition coefficient (Wildman–Crippen LogP) is 3.20. The number of nitrogens with one attached hydrogen (secondary N) is 1. The van der Waals surface area contributed by atoms with E-state index in [0.29, 0.717) is 18.3 Å². The Hall–Kier alpha value is -1.88. The summed E-state index contributed by atoms with van der Waals surface area (Å²) in [5, 5.41) is 14.3. The number of hydrogen-bond acceptors (Lipinski definition) is 5. The first-order chi connectivity index (χ1) is 8.31. The highest BCUT2D eigenvalue weighted by molar-refractivity contribution is 7.17. The maximum Gasteiger partial charge on any atom is 0.235 e. The molecule has 0 aliphatic heterocycles. The molecule has 0 aliphatic rings. The second kappa shape index (κ2) is 4.18. The average molecular weight is 245 g/mol. The number of aryl methyl sites for hydroxylation is 1. The summed E-state index contributed by atoms with van der Waals surface area (Å²) in [4.78, 5) is 0. The quantitative estimate of drug-likeness (QED) is 0.769. The SMILES string of the molecule is Cc1nnc(CNc2ccc3sccc3c2)o1. The summed E-state index contributed by atoms with van der Waals surface area (Å²) >= 11 is 1.75. The van der Waals surface area contributed by atoms with Crippen LogP contribution in [0.4, 0.5) is 5.69 Å². The molecule has 4 nitrogen and oxygen atoms in total. The van der Waals surface area contributed by atoms with E-state index < -0.39 is 0 Å².